The van der Waals surface area contributed by atoms with Crippen LogP contribution in [0.1, 0.15) is 96.3 Å². The fraction of sp³-hybridized carbons (Fsp3) is 1.00. The average molecular weight is 457 g/mol. The molecular formula is C23H48O3Si3. The third-order valence-corrected chi connectivity index (χ3v) is 23.0. The zero-order valence-electron chi connectivity index (χ0n) is 20.1. The molecule has 0 amide bonds. The molecule has 0 radical (unpaired) electrons. The second-order valence-electron chi connectivity index (χ2n) is 11.0. The standard InChI is InChI=1S/C23H48O3Si3/c1-24-28(4,22-17-11-7-12-18-22)26-29(5,23-19-13-8-14-20-23)25-27(2,3)21-15-9-6-10-16-21/h21-23H,6-20H2,1-5H3. The maximum Gasteiger partial charge on any atom is 0.329 e. The molecule has 3 aliphatic carbocycles. The predicted molar refractivity (Wildman–Crippen MR) is 130 cm³/mol. The summed E-state index contributed by atoms with van der Waals surface area (Å²) in [6.45, 7) is 9.84. The summed E-state index contributed by atoms with van der Waals surface area (Å²) >= 11 is 0. The minimum atomic E-state index is -2.31. The molecule has 2 atom stereocenters. The van der Waals surface area contributed by atoms with E-state index in [4.69, 9.17) is 12.7 Å². The van der Waals surface area contributed by atoms with Crippen molar-refractivity contribution < 1.29 is 12.7 Å². The Kier molecular flexibility index (Phi) is 8.70. The Balaban J connectivity index is 1.81. The van der Waals surface area contributed by atoms with Crippen molar-refractivity contribution in [3.8, 4) is 0 Å². The van der Waals surface area contributed by atoms with Crippen LogP contribution in [0.2, 0.25) is 42.8 Å². The highest BCUT2D eigenvalue weighted by molar-refractivity contribution is 6.88. The van der Waals surface area contributed by atoms with Gasteiger partial charge in [0.05, 0.1) is 0 Å². The van der Waals surface area contributed by atoms with Gasteiger partial charge in [0.2, 0.25) is 0 Å². The second-order valence-corrected chi connectivity index (χ2v) is 22.8. The second kappa shape index (κ2) is 10.4. The summed E-state index contributed by atoms with van der Waals surface area (Å²) < 4.78 is 21.1. The fourth-order valence-electron chi connectivity index (χ4n) is 6.54. The molecule has 3 rings (SSSR count). The Morgan fingerprint density at radius 1 is 0.483 bits per heavy atom. The van der Waals surface area contributed by atoms with Crippen molar-refractivity contribution in [1.82, 2.24) is 0 Å². The van der Waals surface area contributed by atoms with Gasteiger partial charge in [0.25, 0.3) is 0 Å². The highest BCUT2D eigenvalue weighted by Gasteiger charge is 2.54. The van der Waals surface area contributed by atoms with E-state index in [9.17, 15) is 0 Å². The summed E-state index contributed by atoms with van der Waals surface area (Å²) in [6, 6.07) is 0. The molecule has 0 saturated heterocycles. The molecule has 170 valence electrons. The van der Waals surface area contributed by atoms with Crippen LogP contribution in [0.5, 0.6) is 0 Å². The molecule has 6 heteroatoms. The minimum absolute atomic E-state index is 0.653. The van der Waals surface area contributed by atoms with Gasteiger partial charge in [0.15, 0.2) is 8.32 Å². The maximum absolute atomic E-state index is 7.40. The Labute approximate surface area is 184 Å². The molecule has 3 saturated carbocycles. The van der Waals surface area contributed by atoms with Gasteiger partial charge in [-0.25, -0.2) is 0 Å². The molecular weight excluding hydrogens is 409 g/mol. The monoisotopic (exact) mass is 456 g/mol. The van der Waals surface area contributed by atoms with Gasteiger partial charge >= 0.3 is 17.1 Å². The quantitative estimate of drug-likeness (QED) is 0.346. The average Bonchev–Trinajstić information content (AvgIpc) is 2.75. The van der Waals surface area contributed by atoms with Crippen LogP contribution >= 0.6 is 0 Å². The fourth-order valence-corrected chi connectivity index (χ4v) is 22.5. The molecule has 0 aromatic carbocycles. The molecule has 3 aliphatic rings. The summed E-state index contributed by atoms with van der Waals surface area (Å²) in [4.78, 5) is 0. The Morgan fingerprint density at radius 2 is 0.862 bits per heavy atom. The molecule has 3 fully saturated rings. The van der Waals surface area contributed by atoms with Crippen LogP contribution < -0.4 is 0 Å². The first-order valence-corrected chi connectivity index (χ1v) is 20.5. The van der Waals surface area contributed by atoms with E-state index >= 15 is 0 Å². The Hall–Kier alpha value is 0.531. The zero-order chi connectivity index (χ0) is 21.0. The predicted octanol–water partition coefficient (Wildman–Crippen LogP) is 8.02. The molecule has 0 N–H and O–H groups in total. The van der Waals surface area contributed by atoms with E-state index in [1.54, 1.807) is 0 Å². The molecule has 0 heterocycles. The highest BCUT2D eigenvalue weighted by atomic mass is 28.5. The van der Waals surface area contributed by atoms with Gasteiger partial charge in [-0.3, -0.25) is 0 Å². The molecule has 0 aliphatic heterocycles. The van der Waals surface area contributed by atoms with E-state index < -0.39 is 25.4 Å². The topological polar surface area (TPSA) is 27.7 Å². The summed E-state index contributed by atoms with van der Waals surface area (Å²) in [5.41, 5.74) is 2.14. The van der Waals surface area contributed by atoms with E-state index in [0.29, 0.717) is 11.1 Å². The van der Waals surface area contributed by atoms with Crippen molar-refractivity contribution in [1.29, 1.82) is 0 Å². The van der Waals surface area contributed by atoms with Crippen LogP contribution in [0, 0.1) is 0 Å². The van der Waals surface area contributed by atoms with E-state index in [1.807, 2.05) is 7.11 Å². The van der Waals surface area contributed by atoms with Crippen molar-refractivity contribution in [3.63, 3.8) is 0 Å². The molecule has 0 bridgehead atoms. The third kappa shape index (κ3) is 6.07. The summed E-state index contributed by atoms with van der Waals surface area (Å²) in [5, 5.41) is 0. The van der Waals surface area contributed by atoms with Crippen LogP contribution in [0.25, 0.3) is 0 Å². The lowest BCUT2D eigenvalue weighted by atomic mass is 10.0. The minimum Gasteiger partial charge on any atom is -0.436 e. The van der Waals surface area contributed by atoms with Gasteiger partial charge in [-0.15, -0.1) is 0 Å². The van der Waals surface area contributed by atoms with E-state index in [2.05, 4.69) is 26.2 Å². The number of rotatable bonds is 8. The normalized spacial score (nSPS) is 28.0. The van der Waals surface area contributed by atoms with Gasteiger partial charge in [0.1, 0.15) is 0 Å². The Bertz CT molecular complexity index is 500. The first kappa shape index (κ1) is 24.2. The van der Waals surface area contributed by atoms with Gasteiger partial charge in [0, 0.05) is 18.2 Å². The number of hydrogen-bond donors (Lipinski definition) is 0. The van der Waals surface area contributed by atoms with Crippen molar-refractivity contribution in [2.75, 3.05) is 7.11 Å². The lowest BCUT2D eigenvalue weighted by Gasteiger charge is -2.49. The van der Waals surface area contributed by atoms with Gasteiger partial charge < -0.3 is 12.7 Å². The van der Waals surface area contributed by atoms with E-state index in [1.165, 1.54) is 96.3 Å². The first-order valence-electron chi connectivity index (χ1n) is 12.7. The van der Waals surface area contributed by atoms with Crippen LogP contribution in [0.3, 0.4) is 0 Å². The van der Waals surface area contributed by atoms with Crippen LogP contribution in [-0.4, -0.2) is 32.5 Å². The lowest BCUT2D eigenvalue weighted by molar-refractivity contribution is 0.229. The molecule has 0 spiro atoms. The van der Waals surface area contributed by atoms with Crippen LogP contribution in [0.4, 0.5) is 0 Å². The van der Waals surface area contributed by atoms with Gasteiger partial charge in [-0.2, -0.15) is 0 Å². The summed E-state index contributed by atoms with van der Waals surface area (Å²) in [5.74, 6) is 0. The van der Waals surface area contributed by atoms with E-state index in [0.717, 1.165) is 5.54 Å². The smallest absolute Gasteiger partial charge is 0.329 e. The third-order valence-electron chi connectivity index (χ3n) is 8.56. The molecule has 0 aromatic rings. The van der Waals surface area contributed by atoms with Gasteiger partial charge in [-0.1, -0.05) is 70.6 Å². The zero-order valence-corrected chi connectivity index (χ0v) is 23.1. The first-order chi connectivity index (χ1) is 13.8. The molecule has 2 unspecified atom stereocenters. The maximum atomic E-state index is 7.40. The largest absolute Gasteiger partial charge is 0.436 e. The van der Waals surface area contributed by atoms with E-state index in [-0.39, 0.29) is 0 Å². The summed E-state index contributed by atoms with van der Waals surface area (Å²) in [7, 11) is -4.39. The highest BCUT2D eigenvalue weighted by Crippen LogP contribution is 2.47. The Morgan fingerprint density at radius 3 is 1.28 bits per heavy atom. The number of hydrogen-bond acceptors (Lipinski definition) is 3. The van der Waals surface area contributed by atoms with Crippen molar-refractivity contribution >= 4 is 25.4 Å². The van der Waals surface area contributed by atoms with Crippen molar-refractivity contribution in [3.05, 3.63) is 0 Å². The van der Waals surface area contributed by atoms with Crippen LogP contribution in [0.15, 0.2) is 0 Å². The van der Waals surface area contributed by atoms with Crippen LogP contribution in [-0.2, 0) is 12.7 Å². The summed E-state index contributed by atoms with van der Waals surface area (Å²) in [6.07, 6.45) is 20.4. The molecule has 3 nitrogen and oxygen atoms in total. The van der Waals surface area contributed by atoms with Crippen molar-refractivity contribution in [2.24, 2.45) is 0 Å². The molecule has 29 heavy (non-hydrogen) atoms. The molecule has 0 aromatic heterocycles. The van der Waals surface area contributed by atoms with Gasteiger partial charge in [-0.05, 0) is 57.4 Å². The lowest BCUT2D eigenvalue weighted by Crippen LogP contribution is -2.61. The van der Waals surface area contributed by atoms with Crippen molar-refractivity contribution in [2.45, 2.75) is 139 Å². The SMILES string of the molecule is CO[Si](C)(O[Si](C)(O[Si](C)(C)C1CCCCC1)C1CCCCC1)C1CCCCC1.